The Balaban J connectivity index is 2.07. The first kappa shape index (κ1) is 31.5. The number of fused-ring (bicyclic) bond motifs is 1. The molecule has 1 atom stereocenters. The molecular weight excluding hydrogens is 520 g/mol. The molecule has 0 aliphatic heterocycles. The number of benzene rings is 2. The molecule has 1 aromatic heterocycles. The number of nitrogens with zero attached hydrogens (tertiary/aromatic N) is 3. The summed E-state index contributed by atoms with van der Waals surface area (Å²) in [5.41, 5.74) is 4.40. The summed E-state index contributed by atoms with van der Waals surface area (Å²) in [6.07, 6.45) is 4.12. The van der Waals surface area contributed by atoms with Crippen molar-refractivity contribution in [1.29, 1.82) is 0 Å². The molecule has 0 spiro atoms. The summed E-state index contributed by atoms with van der Waals surface area (Å²) in [5, 5.41) is 3.90. The second-order valence-corrected chi connectivity index (χ2v) is 11.4. The van der Waals surface area contributed by atoms with Crippen LogP contribution in [0.4, 0.5) is 21.9 Å². The summed E-state index contributed by atoms with van der Waals surface area (Å²) in [7, 11) is 3.91. The molecule has 2 aromatic carbocycles. The molecule has 1 N–H and O–H groups in total. The lowest BCUT2D eigenvalue weighted by Crippen LogP contribution is -2.35. The maximum absolute atomic E-state index is 12.7. The molecule has 0 radical (unpaired) electrons. The fraction of sp³-hybridized carbons (Fsp3) is 0.469. The van der Waals surface area contributed by atoms with Crippen LogP contribution in [0.1, 0.15) is 65.0 Å². The number of nitrogens with one attached hydrogen (secondary N) is 1. The van der Waals surface area contributed by atoms with E-state index in [1.165, 1.54) is 0 Å². The van der Waals surface area contributed by atoms with E-state index in [9.17, 15) is 14.4 Å². The van der Waals surface area contributed by atoms with Gasteiger partial charge in [-0.1, -0.05) is 25.5 Å². The van der Waals surface area contributed by atoms with Crippen molar-refractivity contribution in [3.63, 3.8) is 0 Å². The maximum atomic E-state index is 12.7. The monoisotopic (exact) mass is 564 g/mol. The first-order valence-corrected chi connectivity index (χ1v) is 14.2. The van der Waals surface area contributed by atoms with Gasteiger partial charge in [-0.15, -0.1) is 0 Å². The lowest BCUT2D eigenvalue weighted by Gasteiger charge is -2.33. The summed E-state index contributed by atoms with van der Waals surface area (Å²) in [4.78, 5) is 41.4. The van der Waals surface area contributed by atoms with Gasteiger partial charge < -0.3 is 23.8 Å². The Morgan fingerprint density at radius 3 is 2.49 bits per heavy atom. The summed E-state index contributed by atoms with van der Waals surface area (Å²) >= 11 is 0. The highest BCUT2D eigenvalue weighted by atomic mass is 16.6. The minimum Gasteiger partial charge on any atom is -0.466 e. The smallest absolute Gasteiger partial charge is 0.412 e. The van der Waals surface area contributed by atoms with Crippen molar-refractivity contribution in [2.75, 3.05) is 28.8 Å². The van der Waals surface area contributed by atoms with Crippen LogP contribution in [0.5, 0.6) is 0 Å². The number of amides is 2. The Bertz CT molecular complexity index is 1370. The van der Waals surface area contributed by atoms with Crippen LogP contribution < -0.4 is 15.1 Å². The highest BCUT2D eigenvalue weighted by Crippen LogP contribution is 2.36. The second kappa shape index (κ2) is 13.6. The van der Waals surface area contributed by atoms with Crippen LogP contribution in [0.3, 0.4) is 0 Å². The molecule has 222 valence electrons. The van der Waals surface area contributed by atoms with Crippen molar-refractivity contribution in [1.82, 2.24) is 4.57 Å². The summed E-state index contributed by atoms with van der Waals surface area (Å²) in [5.74, 6) is -0.263. The van der Waals surface area contributed by atoms with Gasteiger partial charge in [0.05, 0.1) is 30.9 Å². The Hall–Kier alpha value is -4.01. The van der Waals surface area contributed by atoms with E-state index in [1.54, 1.807) is 44.7 Å². The predicted molar refractivity (Wildman–Crippen MR) is 165 cm³/mol. The third-order valence-corrected chi connectivity index (χ3v) is 6.96. The molecule has 0 bridgehead atoms. The lowest BCUT2D eigenvalue weighted by molar-refractivity contribution is -0.143. The number of aromatic nitrogens is 1. The molecule has 2 amide bonds. The molecule has 1 heterocycles. The van der Waals surface area contributed by atoms with Crippen molar-refractivity contribution < 1.29 is 23.9 Å². The second-order valence-electron chi connectivity index (χ2n) is 11.4. The van der Waals surface area contributed by atoms with Gasteiger partial charge in [0, 0.05) is 42.9 Å². The van der Waals surface area contributed by atoms with Crippen LogP contribution in [0, 0.1) is 6.92 Å². The Morgan fingerprint density at radius 2 is 1.85 bits per heavy atom. The van der Waals surface area contributed by atoms with Crippen LogP contribution in [-0.2, 0) is 32.7 Å². The van der Waals surface area contributed by atoms with E-state index < -0.39 is 11.7 Å². The zero-order chi connectivity index (χ0) is 30.3. The predicted octanol–water partition coefficient (Wildman–Crippen LogP) is 6.55. The number of hydrogen-bond donors (Lipinski definition) is 1. The van der Waals surface area contributed by atoms with Gasteiger partial charge in [-0.2, -0.15) is 0 Å². The zero-order valence-corrected chi connectivity index (χ0v) is 25.6. The molecule has 9 nitrogen and oxygen atoms in total. The number of hydrogen-bond acceptors (Lipinski definition) is 6. The van der Waals surface area contributed by atoms with E-state index in [4.69, 9.17) is 9.47 Å². The average molecular weight is 565 g/mol. The van der Waals surface area contributed by atoms with Crippen molar-refractivity contribution in [2.24, 2.45) is 7.05 Å². The van der Waals surface area contributed by atoms with Gasteiger partial charge in [0.2, 0.25) is 6.41 Å². The highest BCUT2D eigenvalue weighted by molar-refractivity contribution is 5.92. The highest BCUT2D eigenvalue weighted by Gasteiger charge is 2.25. The molecule has 0 saturated heterocycles. The number of aryl methyl sites for hydroxylation is 2. The Labute approximate surface area is 243 Å². The Morgan fingerprint density at radius 1 is 1.12 bits per heavy atom. The molecule has 9 heteroatoms. The number of anilines is 3. The molecule has 41 heavy (non-hydrogen) atoms. The molecule has 0 aliphatic carbocycles. The van der Waals surface area contributed by atoms with E-state index in [1.807, 2.05) is 37.3 Å². The lowest BCUT2D eigenvalue weighted by atomic mass is 10.0. The van der Waals surface area contributed by atoms with Gasteiger partial charge in [0.25, 0.3) is 0 Å². The van der Waals surface area contributed by atoms with Crippen LogP contribution in [0.25, 0.3) is 10.9 Å². The van der Waals surface area contributed by atoms with Crippen molar-refractivity contribution >= 4 is 46.4 Å². The van der Waals surface area contributed by atoms with Gasteiger partial charge in [0.1, 0.15) is 5.60 Å². The minimum atomic E-state index is -0.658. The fourth-order valence-electron chi connectivity index (χ4n) is 5.14. The SMILES string of the molecule is CCCC(CC(=O)OCC)N(C)c1ccc(NC(=O)OC(C)(C)C)cc1N(C=O)Cc1cn(C)c2cccc(C)c12. The molecular formula is C32H44N4O5. The number of ether oxygens (including phenoxy) is 2. The third kappa shape index (κ3) is 8.02. The summed E-state index contributed by atoms with van der Waals surface area (Å²) in [6.45, 7) is 12.0. The average Bonchev–Trinajstić information content (AvgIpc) is 3.21. The van der Waals surface area contributed by atoms with Gasteiger partial charge >= 0.3 is 12.1 Å². The molecule has 3 rings (SSSR count). The van der Waals surface area contributed by atoms with Crippen molar-refractivity contribution in [3.05, 3.63) is 53.7 Å². The number of carbonyl (C=O) groups is 3. The van der Waals surface area contributed by atoms with Gasteiger partial charge in [-0.3, -0.25) is 14.9 Å². The Kier molecular flexibility index (Phi) is 10.4. The van der Waals surface area contributed by atoms with Crippen LogP contribution in [0.2, 0.25) is 0 Å². The van der Waals surface area contributed by atoms with Crippen LogP contribution in [0.15, 0.2) is 42.6 Å². The molecule has 3 aromatic rings. The zero-order valence-electron chi connectivity index (χ0n) is 25.6. The molecule has 0 saturated carbocycles. The van der Waals surface area contributed by atoms with Crippen molar-refractivity contribution in [3.8, 4) is 0 Å². The van der Waals surface area contributed by atoms with E-state index >= 15 is 0 Å². The first-order valence-electron chi connectivity index (χ1n) is 14.2. The largest absolute Gasteiger partial charge is 0.466 e. The van der Waals surface area contributed by atoms with Gasteiger partial charge in [-0.25, -0.2) is 4.79 Å². The standard InChI is InChI=1S/C32H44N4O5/c1-9-12-25(18-29(38)40-10-2)35(8)26-16-15-24(33-31(39)41-32(4,5)6)17-28(26)36(21-37)20-23-19-34(7)27-14-11-13-22(3)30(23)27/h11,13-17,19,21,25H,9-10,12,18,20H2,1-8H3,(H,33,39). The van der Waals surface area contributed by atoms with E-state index in [0.717, 1.165) is 47.0 Å². The van der Waals surface area contributed by atoms with Crippen molar-refractivity contribution in [2.45, 2.75) is 79.0 Å². The topological polar surface area (TPSA) is 93.1 Å². The molecule has 0 aliphatic rings. The first-order chi connectivity index (χ1) is 19.4. The fourth-order valence-corrected chi connectivity index (χ4v) is 5.14. The normalized spacial score (nSPS) is 12.1. The van der Waals surface area contributed by atoms with E-state index in [0.29, 0.717) is 24.5 Å². The third-order valence-electron chi connectivity index (χ3n) is 6.96. The quantitative estimate of drug-likeness (QED) is 0.198. The van der Waals surface area contributed by atoms with Gasteiger partial charge in [0.15, 0.2) is 0 Å². The van der Waals surface area contributed by atoms with E-state index in [2.05, 4.69) is 35.9 Å². The number of rotatable bonds is 12. The van der Waals surface area contributed by atoms with Crippen LogP contribution in [-0.4, -0.2) is 48.3 Å². The van der Waals surface area contributed by atoms with E-state index in [-0.39, 0.29) is 18.4 Å². The molecule has 1 unspecified atom stereocenters. The molecule has 0 fully saturated rings. The maximum Gasteiger partial charge on any atom is 0.412 e. The van der Waals surface area contributed by atoms with Crippen LogP contribution >= 0.6 is 0 Å². The minimum absolute atomic E-state index is 0.143. The number of carbonyl (C=O) groups excluding carboxylic acids is 3. The number of esters is 1. The summed E-state index contributed by atoms with van der Waals surface area (Å²) in [6, 6.07) is 11.4. The van der Waals surface area contributed by atoms with Gasteiger partial charge in [-0.05, 0) is 76.4 Å². The summed E-state index contributed by atoms with van der Waals surface area (Å²) < 4.78 is 12.7.